The van der Waals surface area contributed by atoms with E-state index in [9.17, 15) is 18.0 Å². The van der Waals surface area contributed by atoms with Crippen molar-refractivity contribution in [2.75, 3.05) is 5.75 Å². The summed E-state index contributed by atoms with van der Waals surface area (Å²) in [6.07, 6.45) is -4.51. The Labute approximate surface area is 122 Å². The van der Waals surface area contributed by atoms with Crippen LogP contribution in [-0.4, -0.2) is 22.4 Å². The Kier molecular flexibility index (Phi) is 4.18. The fourth-order valence-electron chi connectivity index (χ4n) is 1.72. The molecule has 1 N–H and O–H groups in total. The highest BCUT2D eigenvalue weighted by atomic mass is 32.2. The monoisotopic (exact) mass is 314 g/mol. The average molecular weight is 314 g/mol. The highest BCUT2D eigenvalue weighted by Gasteiger charge is 2.35. The van der Waals surface area contributed by atoms with Gasteiger partial charge in [0.05, 0.1) is 23.3 Å². The van der Waals surface area contributed by atoms with Crippen LogP contribution < -0.4 is 5.43 Å². The van der Waals surface area contributed by atoms with Crippen molar-refractivity contribution < 1.29 is 18.0 Å². The predicted octanol–water partition coefficient (Wildman–Crippen LogP) is 2.25. The van der Waals surface area contributed by atoms with Crippen LogP contribution in [0.4, 0.5) is 13.2 Å². The smallest absolute Gasteiger partial charge is 0.273 e. The highest BCUT2D eigenvalue weighted by Crippen LogP contribution is 2.35. The number of amides is 1. The molecular weight excluding hydrogens is 305 g/mol. The maximum Gasteiger partial charge on any atom is 0.417 e. The van der Waals surface area contributed by atoms with E-state index in [0.717, 1.165) is 17.8 Å². The lowest BCUT2D eigenvalue weighted by atomic mass is 10.1. The zero-order valence-corrected chi connectivity index (χ0v) is 11.6. The Morgan fingerprint density at radius 3 is 2.76 bits per heavy atom. The van der Waals surface area contributed by atoms with E-state index >= 15 is 0 Å². The number of nitriles is 1. The summed E-state index contributed by atoms with van der Waals surface area (Å²) in [5, 5.41) is 12.7. The first kappa shape index (κ1) is 15.3. The molecule has 1 aliphatic heterocycles. The molecule has 0 aliphatic carbocycles. The molecule has 2 rings (SSSR count). The van der Waals surface area contributed by atoms with E-state index in [-0.39, 0.29) is 28.8 Å². The van der Waals surface area contributed by atoms with Crippen molar-refractivity contribution in [2.24, 2.45) is 5.10 Å². The average Bonchev–Trinajstić information content (AvgIpc) is 2.80. The SMILES string of the molecule is Cc1cc(C(F)(F)F)c(C#N)c(SCC2=NNC(=O)C2)n1. The number of halogens is 3. The van der Waals surface area contributed by atoms with E-state index in [1.54, 1.807) is 6.07 Å². The van der Waals surface area contributed by atoms with Crippen LogP contribution in [0.15, 0.2) is 16.2 Å². The van der Waals surface area contributed by atoms with Gasteiger partial charge in [0.1, 0.15) is 11.1 Å². The lowest BCUT2D eigenvalue weighted by Gasteiger charge is -2.12. The number of alkyl halides is 3. The number of hydrogen-bond acceptors (Lipinski definition) is 5. The normalized spacial score (nSPS) is 14.6. The number of nitrogens with one attached hydrogen (secondary N) is 1. The quantitative estimate of drug-likeness (QED) is 0.868. The minimum Gasteiger partial charge on any atom is -0.273 e. The molecule has 0 saturated heterocycles. The summed E-state index contributed by atoms with van der Waals surface area (Å²) in [6, 6.07) is 2.40. The van der Waals surface area contributed by atoms with Gasteiger partial charge < -0.3 is 0 Å². The number of hydrazone groups is 1. The summed E-state index contributed by atoms with van der Waals surface area (Å²) in [6.45, 7) is 1.43. The van der Waals surface area contributed by atoms with Crippen molar-refractivity contribution in [3.8, 4) is 6.07 Å². The molecule has 1 amide bonds. The first-order chi connectivity index (χ1) is 9.81. The third kappa shape index (κ3) is 3.52. The minimum absolute atomic E-state index is 0.00752. The lowest BCUT2D eigenvalue weighted by Crippen LogP contribution is -2.11. The number of aromatic nitrogens is 1. The molecule has 5 nitrogen and oxygen atoms in total. The number of nitrogens with zero attached hydrogens (tertiary/aromatic N) is 3. The third-order valence-corrected chi connectivity index (χ3v) is 3.66. The van der Waals surface area contributed by atoms with Crippen molar-refractivity contribution in [1.82, 2.24) is 10.4 Å². The fraction of sp³-hybridized carbons (Fsp3) is 0.333. The van der Waals surface area contributed by atoms with Crippen LogP contribution in [0.1, 0.15) is 23.2 Å². The van der Waals surface area contributed by atoms with Crippen molar-refractivity contribution in [1.29, 1.82) is 5.26 Å². The summed E-state index contributed by atoms with van der Waals surface area (Å²) >= 11 is 0.959. The third-order valence-electron chi connectivity index (χ3n) is 2.61. The van der Waals surface area contributed by atoms with Gasteiger partial charge in [0, 0.05) is 11.4 Å². The van der Waals surface area contributed by atoms with Crippen LogP contribution in [0.25, 0.3) is 0 Å². The molecule has 0 atom stereocenters. The van der Waals surface area contributed by atoms with Gasteiger partial charge in [-0.2, -0.15) is 23.5 Å². The number of carbonyl (C=O) groups is 1. The number of thioether (sulfide) groups is 1. The molecule has 110 valence electrons. The number of carbonyl (C=O) groups excluding carboxylic acids is 1. The second-order valence-electron chi connectivity index (χ2n) is 4.28. The summed E-state index contributed by atoms with van der Waals surface area (Å²) < 4.78 is 38.8. The van der Waals surface area contributed by atoms with Crippen LogP contribution in [0.5, 0.6) is 0 Å². The maximum atomic E-state index is 12.9. The van der Waals surface area contributed by atoms with E-state index in [1.807, 2.05) is 0 Å². The molecule has 21 heavy (non-hydrogen) atoms. The fourth-order valence-corrected chi connectivity index (χ4v) is 2.70. The molecular formula is C12H9F3N4OS. The molecule has 0 saturated carbocycles. The number of hydrogen-bond donors (Lipinski definition) is 1. The number of aryl methyl sites for hydroxylation is 1. The van der Waals surface area contributed by atoms with Gasteiger partial charge in [-0.25, -0.2) is 10.4 Å². The molecule has 1 aromatic heterocycles. The van der Waals surface area contributed by atoms with Gasteiger partial charge in [-0.15, -0.1) is 0 Å². The summed E-state index contributed by atoms with van der Waals surface area (Å²) in [4.78, 5) is 15.0. The molecule has 0 aromatic carbocycles. The van der Waals surface area contributed by atoms with Crippen LogP contribution in [0.2, 0.25) is 0 Å². The maximum absolute atomic E-state index is 12.9. The largest absolute Gasteiger partial charge is 0.417 e. The standard InChI is InChI=1S/C12H9F3N4OS/c1-6-2-9(12(13,14)15)8(4-16)11(17-6)21-5-7-3-10(20)19-18-7/h2H,3,5H2,1H3,(H,19,20). The Bertz CT molecular complexity index is 664. The zero-order valence-electron chi connectivity index (χ0n) is 10.8. The topological polar surface area (TPSA) is 78.1 Å². The van der Waals surface area contributed by atoms with Crippen LogP contribution in [-0.2, 0) is 11.0 Å². The van der Waals surface area contributed by atoms with Gasteiger partial charge in [0.25, 0.3) is 0 Å². The number of pyridine rings is 1. The van der Waals surface area contributed by atoms with Crippen LogP contribution >= 0.6 is 11.8 Å². The molecule has 9 heteroatoms. The summed E-state index contributed by atoms with van der Waals surface area (Å²) in [5.74, 6) is -0.0689. The molecule has 0 radical (unpaired) electrons. The van der Waals surface area contributed by atoms with Crippen LogP contribution in [0.3, 0.4) is 0 Å². The summed E-state index contributed by atoms with van der Waals surface area (Å²) in [5.41, 5.74) is 1.43. The van der Waals surface area contributed by atoms with Gasteiger partial charge in [-0.1, -0.05) is 11.8 Å². The van der Waals surface area contributed by atoms with Crippen molar-refractivity contribution in [3.63, 3.8) is 0 Å². The molecule has 0 fully saturated rings. The zero-order chi connectivity index (χ0) is 15.6. The number of rotatable bonds is 3. The Balaban J connectivity index is 2.29. The van der Waals surface area contributed by atoms with Crippen molar-refractivity contribution in [2.45, 2.75) is 24.5 Å². The van der Waals surface area contributed by atoms with Gasteiger partial charge in [0.2, 0.25) is 5.91 Å². The van der Waals surface area contributed by atoms with Gasteiger partial charge >= 0.3 is 6.18 Å². The summed E-state index contributed by atoms with van der Waals surface area (Å²) in [7, 11) is 0. The van der Waals surface area contributed by atoms with E-state index < -0.39 is 17.3 Å². The highest BCUT2D eigenvalue weighted by molar-refractivity contribution is 8.00. The lowest BCUT2D eigenvalue weighted by molar-refractivity contribution is -0.138. The Morgan fingerprint density at radius 2 is 2.24 bits per heavy atom. The molecule has 1 aliphatic rings. The van der Waals surface area contributed by atoms with Gasteiger partial charge in [-0.3, -0.25) is 4.79 Å². The Hall–Kier alpha value is -2.08. The van der Waals surface area contributed by atoms with Crippen molar-refractivity contribution in [3.05, 3.63) is 22.9 Å². The second kappa shape index (κ2) is 5.73. The predicted molar refractivity (Wildman–Crippen MR) is 69.6 cm³/mol. The van der Waals surface area contributed by atoms with Gasteiger partial charge in [0.15, 0.2) is 0 Å². The minimum atomic E-state index is -4.61. The van der Waals surface area contributed by atoms with E-state index in [0.29, 0.717) is 5.71 Å². The molecule has 2 heterocycles. The molecule has 0 unspecified atom stereocenters. The van der Waals surface area contributed by atoms with E-state index in [1.165, 1.54) is 6.92 Å². The first-order valence-electron chi connectivity index (χ1n) is 5.77. The molecule has 0 spiro atoms. The molecule has 0 bridgehead atoms. The first-order valence-corrected chi connectivity index (χ1v) is 6.76. The van der Waals surface area contributed by atoms with Crippen molar-refractivity contribution >= 4 is 23.4 Å². The van der Waals surface area contributed by atoms with E-state index in [2.05, 4.69) is 15.5 Å². The molecule has 1 aromatic rings. The second-order valence-corrected chi connectivity index (χ2v) is 5.24. The Morgan fingerprint density at radius 1 is 1.52 bits per heavy atom. The van der Waals surface area contributed by atoms with E-state index in [4.69, 9.17) is 5.26 Å². The van der Waals surface area contributed by atoms with Crippen LogP contribution in [0, 0.1) is 18.3 Å². The van der Waals surface area contributed by atoms with Gasteiger partial charge in [-0.05, 0) is 13.0 Å².